The van der Waals surface area contributed by atoms with Gasteiger partial charge in [0.25, 0.3) is 5.69 Å². The second kappa shape index (κ2) is 9.16. The molecule has 0 aliphatic heterocycles. The number of nitro groups is 1. The molecule has 0 spiro atoms. The van der Waals surface area contributed by atoms with Crippen LogP contribution in [0.3, 0.4) is 0 Å². The zero-order chi connectivity index (χ0) is 18.9. The van der Waals surface area contributed by atoms with Crippen LogP contribution in [0.4, 0.5) is 21.9 Å². The Morgan fingerprint density at radius 1 is 1.19 bits per heavy atom. The highest BCUT2D eigenvalue weighted by Gasteiger charge is 2.13. The number of nitrogens with one attached hydrogen (secondary N) is 2. The van der Waals surface area contributed by atoms with Gasteiger partial charge in [0.1, 0.15) is 0 Å². The highest BCUT2D eigenvalue weighted by atomic mass is 16.6. The number of para-hydroxylation sites is 1. The Morgan fingerprint density at radius 3 is 2.50 bits per heavy atom. The van der Waals surface area contributed by atoms with Crippen molar-refractivity contribution in [3.8, 4) is 0 Å². The normalized spacial score (nSPS) is 10.5. The molecule has 2 N–H and O–H groups in total. The van der Waals surface area contributed by atoms with Crippen molar-refractivity contribution in [2.45, 2.75) is 13.8 Å². The number of carbonyl (C=O) groups is 1. The van der Waals surface area contributed by atoms with Gasteiger partial charge in [-0.05, 0) is 32.0 Å². The minimum absolute atomic E-state index is 0.0314. The third-order valence-electron chi connectivity index (χ3n) is 3.73. The first-order chi connectivity index (χ1) is 12.5. The molecule has 0 heterocycles. The van der Waals surface area contributed by atoms with Gasteiger partial charge < -0.3 is 10.2 Å². The molecule has 8 heteroatoms. The van der Waals surface area contributed by atoms with Crippen molar-refractivity contribution in [2.24, 2.45) is 5.10 Å². The monoisotopic (exact) mass is 355 g/mol. The van der Waals surface area contributed by atoms with Gasteiger partial charge >= 0.3 is 6.03 Å². The minimum atomic E-state index is -0.498. The number of nitrogens with zero attached hydrogens (tertiary/aromatic N) is 3. The zero-order valence-electron chi connectivity index (χ0n) is 14.7. The number of hydrazone groups is 1. The molecule has 0 fully saturated rings. The molecule has 0 radical (unpaired) electrons. The van der Waals surface area contributed by atoms with E-state index in [-0.39, 0.29) is 5.69 Å². The Bertz CT molecular complexity index is 789. The minimum Gasteiger partial charge on any atom is -0.372 e. The number of anilines is 2. The number of urea groups is 1. The number of nitro benzene ring substituents is 1. The van der Waals surface area contributed by atoms with E-state index in [4.69, 9.17) is 0 Å². The Morgan fingerprint density at radius 2 is 1.88 bits per heavy atom. The molecule has 2 amide bonds. The van der Waals surface area contributed by atoms with Gasteiger partial charge in [-0.1, -0.05) is 18.2 Å². The fourth-order valence-electron chi connectivity index (χ4n) is 2.45. The van der Waals surface area contributed by atoms with Crippen molar-refractivity contribution >= 4 is 29.3 Å². The lowest BCUT2D eigenvalue weighted by molar-refractivity contribution is -0.384. The number of non-ortho nitro benzene ring substituents is 1. The van der Waals surface area contributed by atoms with Crippen molar-refractivity contribution in [3.63, 3.8) is 0 Å². The Balaban J connectivity index is 2.15. The Labute approximate surface area is 151 Å². The van der Waals surface area contributed by atoms with Crippen molar-refractivity contribution < 1.29 is 9.72 Å². The number of amides is 2. The fourth-order valence-corrected chi connectivity index (χ4v) is 2.45. The second-order valence-electron chi connectivity index (χ2n) is 5.36. The van der Waals surface area contributed by atoms with Crippen LogP contribution in [0.15, 0.2) is 53.6 Å². The summed E-state index contributed by atoms with van der Waals surface area (Å²) in [6.45, 7) is 5.49. The van der Waals surface area contributed by atoms with Gasteiger partial charge in [-0.25, -0.2) is 10.2 Å². The standard InChI is InChI=1S/C18H21N5O3/c1-3-22(4-2)17-11-10-16(23(25)26)12-14(17)13-19-21-18(24)20-15-8-6-5-7-9-15/h5-13H,3-4H2,1-2H3,(H2,20,21,24)/b19-13-. The first kappa shape index (κ1) is 18.9. The van der Waals surface area contributed by atoms with Crippen molar-refractivity contribution in [1.29, 1.82) is 0 Å². The smallest absolute Gasteiger partial charge is 0.339 e. The molecule has 0 atom stereocenters. The highest BCUT2D eigenvalue weighted by Crippen LogP contribution is 2.24. The van der Waals surface area contributed by atoms with Crippen LogP contribution in [0.2, 0.25) is 0 Å². The lowest BCUT2D eigenvalue weighted by Crippen LogP contribution is -2.25. The summed E-state index contributed by atoms with van der Waals surface area (Å²) in [4.78, 5) is 24.5. The predicted molar refractivity (Wildman–Crippen MR) is 103 cm³/mol. The molecule has 0 aromatic heterocycles. The average molecular weight is 355 g/mol. The topological polar surface area (TPSA) is 99.9 Å². The van der Waals surface area contributed by atoms with E-state index in [0.717, 1.165) is 18.8 Å². The molecule has 0 bridgehead atoms. The second-order valence-corrected chi connectivity index (χ2v) is 5.36. The Kier molecular flexibility index (Phi) is 6.67. The van der Waals surface area contributed by atoms with E-state index < -0.39 is 11.0 Å². The number of hydrogen-bond acceptors (Lipinski definition) is 5. The van der Waals surface area contributed by atoms with Crippen LogP contribution in [-0.2, 0) is 0 Å². The van der Waals surface area contributed by atoms with Gasteiger partial charge in [0, 0.05) is 42.2 Å². The van der Waals surface area contributed by atoms with E-state index in [1.165, 1.54) is 18.3 Å². The molecule has 0 saturated heterocycles. The maximum atomic E-state index is 11.9. The van der Waals surface area contributed by atoms with Crippen LogP contribution in [0, 0.1) is 10.1 Å². The lowest BCUT2D eigenvalue weighted by Gasteiger charge is -2.22. The van der Waals surface area contributed by atoms with Crippen LogP contribution in [-0.4, -0.2) is 30.3 Å². The molecule has 0 aliphatic rings. The quantitative estimate of drug-likeness (QED) is 0.450. The maximum absolute atomic E-state index is 11.9. The lowest BCUT2D eigenvalue weighted by atomic mass is 10.1. The summed E-state index contributed by atoms with van der Waals surface area (Å²) in [5.41, 5.74) is 4.34. The predicted octanol–water partition coefficient (Wildman–Crippen LogP) is 3.60. The van der Waals surface area contributed by atoms with Crippen LogP contribution in [0.5, 0.6) is 0 Å². The summed E-state index contributed by atoms with van der Waals surface area (Å²) >= 11 is 0. The number of hydrogen-bond donors (Lipinski definition) is 2. The third kappa shape index (κ3) is 5.04. The van der Waals surface area contributed by atoms with Gasteiger partial charge in [0.05, 0.1) is 11.1 Å². The van der Waals surface area contributed by atoms with Crippen LogP contribution >= 0.6 is 0 Å². The SMILES string of the molecule is CCN(CC)c1ccc([N+](=O)[O-])cc1/C=N\NC(=O)Nc1ccccc1. The number of rotatable bonds is 7. The molecule has 2 aromatic rings. The van der Waals surface area contributed by atoms with E-state index in [0.29, 0.717) is 11.3 Å². The Hall–Kier alpha value is -3.42. The van der Waals surface area contributed by atoms with Gasteiger partial charge in [-0.15, -0.1) is 0 Å². The van der Waals surface area contributed by atoms with Gasteiger partial charge in [0.2, 0.25) is 0 Å². The number of benzene rings is 2. The molecule has 2 aromatic carbocycles. The first-order valence-electron chi connectivity index (χ1n) is 8.23. The van der Waals surface area contributed by atoms with Gasteiger partial charge in [0.15, 0.2) is 0 Å². The summed E-state index contributed by atoms with van der Waals surface area (Å²) in [7, 11) is 0. The van der Waals surface area contributed by atoms with E-state index in [2.05, 4.69) is 20.7 Å². The molecular formula is C18H21N5O3. The zero-order valence-corrected chi connectivity index (χ0v) is 14.7. The van der Waals surface area contributed by atoms with Crippen molar-refractivity contribution in [3.05, 3.63) is 64.2 Å². The maximum Gasteiger partial charge on any atom is 0.339 e. The summed E-state index contributed by atoms with van der Waals surface area (Å²) in [5, 5.41) is 17.6. The molecule has 2 rings (SSSR count). The summed E-state index contributed by atoms with van der Waals surface area (Å²) < 4.78 is 0. The van der Waals surface area contributed by atoms with E-state index in [1.54, 1.807) is 30.3 Å². The first-order valence-corrected chi connectivity index (χ1v) is 8.23. The molecule has 26 heavy (non-hydrogen) atoms. The fraction of sp³-hybridized carbons (Fsp3) is 0.222. The number of carbonyl (C=O) groups excluding carboxylic acids is 1. The summed E-state index contributed by atoms with van der Waals surface area (Å²) in [5.74, 6) is 0. The van der Waals surface area contributed by atoms with Crippen LogP contribution in [0.1, 0.15) is 19.4 Å². The third-order valence-corrected chi connectivity index (χ3v) is 3.73. The molecular weight excluding hydrogens is 334 g/mol. The van der Waals surface area contributed by atoms with Crippen LogP contribution < -0.4 is 15.6 Å². The largest absolute Gasteiger partial charge is 0.372 e. The summed E-state index contributed by atoms with van der Waals surface area (Å²) in [6, 6.07) is 13.0. The van der Waals surface area contributed by atoms with Gasteiger partial charge in [-0.3, -0.25) is 10.1 Å². The molecule has 136 valence electrons. The van der Waals surface area contributed by atoms with E-state index >= 15 is 0 Å². The van der Waals surface area contributed by atoms with E-state index in [9.17, 15) is 14.9 Å². The van der Waals surface area contributed by atoms with Crippen molar-refractivity contribution in [1.82, 2.24) is 5.43 Å². The highest BCUT2D eigenvalue weighted by molar-refractivity contribution is 5.92. The van der Waals surface area contributed by atoms with E-state index in [1.807, 2.05) is 19.9 Å². The summed E-state index contributed by atoms with van der Waals surface area (Å²) in [6.07, 6.45) is 1.41. The molecule has 0 saturated carbocycles. The molecule has 0 unspecified atom stereocenters. The molecule has 0 aliphatic carbocycles. The average Bonchev–Trinajstić information content (AvgIpc) is 2.64. The van der Waals surface area contributed by atoms with Gasteiger partial charge in [-0.2, -0.15) is 5.10 Å². The van der Waals surface area contributed by atoms with Crippen molar-refractivity contribution in [2.75, 3.05) is 23.3 Å². The van der Waals surface area contributed by atoms with Crippen LogP contribution in [0.25, 0.3) is 0 Å². The molecule has 8 nitrogen and oxygen atoms in total.